The number of hydrogen-bond acceptors (Lipinski definition) is 6. The van der Waals surface area contributed by atoms with Crippen molar-refractivity contribution in [1.82, 2.24) is 0 Å². The van der Waals surface area contributed by atoms with Gasteiger partial charge in [0.05, 0.1) is 14.2 Å². The Morgan fingerprint density at radius 3 is 2.24 bits per heavy atom. The first-order valence-corrected chi connectivity index (χ1v) is 4.88. The quantitative estimate of drug-likeness (QED) is 0.510. The highest BCUT2D eigenvalue weighted by Crippen LogP contribution is 2.35. The Morgan fingerprint density at radius 2 is 1.76 bits per heavy atom. The van der Waals surface area contributed by atoms with E-state index in [2.05, 4.69) is 0 Å². The van der Waals surface area contributed by atoms with Gasteiger partial charge in [0.25, 0.3) is 0 Å². The Bertz CT molecular complexity index is 368. The van der Waals surface area contributed by atoms with Gasteiger partial charge in [0.2, 0.25) is 5.75 Å². The van der Waals surface area contributed by atoms with E-state index in [4.69, 9.17) is 18.9 Å². The summed E-state index contributed by atoms with van der Waals surface area (Å²) in [6.45, 7) is -0.00228. The zero-order chi connectivity index (χ0) is 12.8. The third kappa shape index (κ3) is 3.03. The van der Waals surface area contributed by atoms with Crippen LogP contribution in [0.25, 0.3) is 0 Å². The summed E-state index contributed by atoms with van der Waals surface area (Å²) in [5, 5.41) is 18.4. The van der Waals surface area contributed by atoms with Crippen LogP contribution >= 0.6 is 0 Å². The molecule has 0 radical (unpaired) electrons. The molecule has 2 N–H and O–H groups in total. The molecule has 0 saturated heterocycles. The molecule has 0 aliphatic rings. The van der Waals surface area contributed by atoms with Crippen LogP contribution in [0.1, 0.15) is 0 Å². The first-order chi connectivity index (χ1) is 8.15. The summed E-state index contributed by atoms with van der Waals surface area (Å²) in [5.41, 5.74) is 0.194. The SMILES string of the molecule is COCOc1c(OC)ccc(B(O)O)c1OC. The van der Waals surface area contributed by atoms with E-state index in [1.807, 2.05) is 0 Å². The lowest BCUT2D eigenvalue weighted by Gasteiger charge is -2.16. The minimum absolute atomic E-state index is 0.00228. The molecule has 1 aromatic carbocycles. The molecule has 0 bridgehead atoms. The molecule has 0 heterocycles. The maximum atomic E-state index is 9.20. The minimum atomic E-state index is -1.65. The lowest BCUT2D eigenvalue weighted by atomic mass is 9.79. The Kier molecular flexibility index (Phi) is 5.08. The van der Waals surface area contributed by atoms with Crippen molar-refractivity contribution < 1.29 is 29.0 Å². The van der Waals surface area contributed by atoms with Crippen molar-refractivity contribution in [1.29, 1.82) is 0 Å². The summed E-state index contributed by atoms with van der Waals surface area (Å²) < 4.78 is 20.3. The first kappa shape index (κ1) is 13.6. The normalized spacial score (nSPS) is 9.94. The molecule has 0 atom stereocenters. The Labute approximate surface area is 99.8 Å². The maximum Gasteiger partial charge on any atom is 0.492 e. The van der Waals surface area contributed by atoms with Gasteiger partial charge >= 0.3 is 7.12 Å². The number of rotatable bonds is 6. The van der Waals surface area contributed by atoms with Crippen LogP contribution in [0.2, 0.25) is 0 Å². The van der Waals surface area contributed by atoms with Crippen molar-refractivity contribution in [2.45, 2.75) is 0 Å². The first-order valence-electron chi connectivity index (χ1n) is 4.88. The Hall–Kier alpha value is -1.44. The monoisotopic (exact) mass is 242 g/mol. The van der Waals surface area contributed by atoms with Crippen LogP contribution in [0.3, 0.4) is 0 Å². The van der Waals surface area contributed by atoms with E-state index in [9.17, 15) is 10.0 Å². The van der Waals surface area contributed by atoms with Crippen molar-refractivity contribution in [2.75, 3.05) is 28.1 Å². The predicted octanol–water partition coefficient (Wildman–Crippen LogP) is -0.634. The summed E-state index contributed by atoms with van der Waals surface area (Å²) in [7, 11) is 2.70. The zero-order valence-corrected chi connectivity index (χ0v) is 9.97. The molecule has 94 valence electrons. The topological polar surface area (TPSA) is 77.4 Å². The van der Waals surface area contributed by atoms with E-state index in [-0.39, 0.29) is 23.8 Å². The fraction of sp³-hybridized carbons (Fsp3) is 0.400. The van der Waals surface area contributed by atoms with Crippen LogP contribution in [0.15, 0.2) is 12.1 Å². The van der Waals surface area contributed by atoms with Gasteiger partial charge in [-0.15, -0.1) is 0 Å². The summed E-state index contributed by atoms with van der Waals surface area (Å²) in [5.74, 6) is 0.891. The van der Waals surface area contributed by atoms with Crippen LogP contribution < -0.4 is 19.7 Å². The van der Waals surface area contributed by atoms with E-state index >= 15 is 0 Å². The van der Waals surface area contributed by atoms with Crippen LogP contribution in [-0.4, -0.2) is 45.3 Å². The molecule has 0 aliphatic carbocycles. The van der Waals surface area contributed by atoms with E-state index in [0.717, 1.165) is 0 Å². The molecular formula is C10H15BO6. The molecule has 0 amide bonds. The number of ether oxygens (including phenoxy) is 4. The van der Waals surface area contributed by atoms with Crippen LogP contribution in [0.4, 0.5) is 0 Å². The molecule has 17 heavy (non-hydrogen) atoms. The van der Waals surface area contributed by atoms with Crippen molar-refractivity contribution in [3.05, 3.63) is 12.1 Å². The fourth-order valence-electron chi connectivity index (χ4n) is 1.39. The predicted molar refractivity (Wildman–Crippen MR) is 61.9 cm³/mol. The lowest BCUT2D eigenvalue weighted by molar-refractivity contribution is 0.0472. The average Bonchev–Trinajstić information content (AvgIpc) is 2.34. The average molecular weight is 242 g/mol. The van der Waals surface area contributed by atoms with Gasteiger partial charge in [-0.3, -0.25) is 0 Å². The van der Waals surface area contributed by atoms with Gasteiger partial charge in [0, 0.05) is 12.6 Å². The molecule has 0 fully saturated rings. The van der Waals surface area contributed by atoms with Gasteiger partial charge in [-0.2, -0.15) is 0 Å². The Balaban J connectivity index is 3.22. The zero-order valence-electron chi connectivity index (χ0n) is 9.97. The molecule has 0 unspecified atom stereocenters. The molecule has 1 rings (SSSR count). The molecule has 0 aromatic heterocycles. The van der Waals surface area contributed by atoms with Crippen LogP contribution in [-0.2, 0) is 4.74 Å². The summed E-state index contributed by atoms with van der Waals surface area (Å²) in [6.07, 6.45) is 0. The lowest BCUT2D eigenvalue weighted by Crippen LogP contribution is -2.31. The molecule has 0 spiro atoms. The van der Waals surface area contributed by atoms with Crippen LogP contribution in [0.5, 0.6) is 17.2 Å². The van der Waals surface area contributed by atoms with Crippen molar-refractivity contribution in [3.63, 3.8) is 0 Å². The van der Waals surface area contributed by atoms with Gasteiger partial charge in [-0.1, -0.05) is 6.07 Å². The summed E-state index contributed by atoms with van der Waals surface area (Å²) >= 11 is 0. The second-order valence-corrected chi connectivity index (χ2v) is 3.14. The highest BCUT2D eigenvalue weighted by Gasteiger charge is 2.23. The highest BCUT2D eigenvalue weighted by molar-refractivity contribution is 6.59. The number of methoxy groups -OCH3 is 3. The van der Waals surface area contributed by atoms with Gasteiger partial charge in [0.1, 0.15) is 0 Å². The summed E-state index contributed by atoms with van der Waals surface area (Å²) in [6, 6.07) is 3.05. The third-order valence-electron chi connectivity index (χ3n) is 2.13. The maximum absolute atomic E-state index is 9.20. The number of benzene rings is 1. The van der Waals surface area contributed by atoms with E-state index in [1.165, 1.54) is 27.4 Å². The smallest absolute Gasteiger partial charge is 0.492 e. The molecule has 0 saturated carbocycles. The van der Waals surface area contributed by atoms with Gasteiger partial charge in [0.15, 0.2) is 18.3 Å². The largest absolute Gasteiger partial charge is 0.493 e. The van der Waals surface area contributed by atoms with Crippen molar-refractivity contribution in [3.8, 4) is 17.2 Å². The van der Waals surface area contributed by atoms with E-state index in [1.54, 1.807) is 6.07 Å². The van der Waals surface area contributed by atoms with Crippen molar-refractivity contribution in [2.24, 2.45) is 0 Å². The van der Waals surface area contributed by atoms with Gasteiger partial charge in [-0.25, -0.2) is 0 Å². The van der Waals surface area contributed by atoms with Gasteiger partial charge < -0.3 is 29.0 Å². The molecule has 6 nitrogen and oxygen atoms in total. The fourth-order valence-corrected chi connectivity index (χ4v) is 1.39. The van der Waals surface area contributed by atoms with E-state index in [0.29, 0.717) is 5.75 Å². The molecule has 0 aliphatic heterocycles. The minimum Gasteiger partial charge on any atom is -0.493 e. The highest BCUT2D eigenvalue weighted by atomic mass is 16.7. The second-order valence-electron chi connectivity index (χ2n) is 3.14. The van der Waals surface area contributed by atoms with Crippen molar-refractivity contribution >= 4 is 12.6 Å². The molecule has 1 aromatic rings. The van der Waals surface area contributed by atoms with E-state index < -0.39 is 7.12 Å². The molecular weight excluding hydrogens is 227 g/mol. The second kappa shape index (κ2) is 6.34. The van der Waals surface area contributed by atoms with Crippen LogP contribution in [0, 0.1) is 0 Å². The van der Waals surface area contributed by atoms with Gasteiger partial charge in [-0.05, 0) is 6.07 Å². The standard InChI is InChI=1S/C10H15BO6/c1-14-6-17-10-8(15-2)5-4-7(11(12)13)9(10)16-3/h4-5,12-13H,6H2,1-3H3. The molecule has 7 heteroatoms. The third-order valence-corrected chi connectivity index (χ3v) is 2.13. The summed E-state index contributed by atoms with van der Waals surface area (Å²) in [4.78, 5) is 0. The Morgan fingerprint density at radius 1 is 1.06 bits per heavy atom. The number of hydrogen-bond donors (Lipinski definition) is 2.